The van der Waals surface area contributed by atoms with Crippen LogP contribution in [0.4, 0.5) is 0 Å². The third-order valence-corrected chi connectivity index (χ3v) is 4.17. The van der Waals surface area contributed by atoms with Crippen molar-refractivity contribution >= 4 is 39.2 Å². The highest BCUT2D eigenvalue weighted by Gasteiger charge is 2.17. The topological polar surface area (TPSA) is 50.4 Å². The van der Waals surface area contributed by atoms with Crippen molar-refractivity contribution in [3.05, 3.63) is 28.2 Å². The van der Waals surface area contributed by atoms with Gasteiger partial charge < -0.3 is 10.1 Å². The number of carbonyl (C=O) groups excluding carboxylic acids is 1. The number of hydrogen-bond donors (Lipinski definition) is 2. The van der Waals surface area contributed by atoms with Gasteiger partial charge in [0, 0.05) is 11.6 Å². The second kappa shape index (κ2) is 7.04. The molecule has 0 bridgehead atoms. The van der Waals surface area contributed by atoms with Crippen LogP contribution in [0, 0.1) is 0 Å². The molecule has 0 atom stereocenters. The Morgan fingerprint density at radius 3 is 2.70 bits per heavy atom. The van der Waals surface area contributed by atoms with Gasteiger partial charge in [-0.05, 0) is 59.2 Å². The van der Waals surface area contributed by atoms with Crippen molar-refractivity contribution in [1.82, 2.24) is 10.6 Å². The second-order valence-corrected chi connectivity index (χ2v) is 6.02. The van der Waals surface area contributed by atoms with E-state index in [0.717, 1.165) is 17.3 Å². The normalized spacial score (nSPS) is 14.9. The Morgan fingerprint density at radius 2 is 2.10 bits per heavy atom. The van der Waals surface area contributed by atoms with Gasteiger partial charge in [-0.1, -0.05) is 12.8 Å². The minimum atomic E-state index is -0.219. The first-order chi connectivity index (χ1) is 9.60. The Labute approximate surface area is 132 Å². The van der Waals surface area contributed by atoms with Crippen LogP contribution < -0.4 is 15.4 Å². The molecule has 20 heavy (non-hydrogen) atoms. The molecular formula is C14H17BrN2O2S. The zero-order chi connectivity index (χ0) is 14.5. The number of methoxy groups -OCH3 is 1. The zero-order valence-electron chi connectivity index (χ0n) is 11.2. The lowest BCUT2D eigenvalue weighted by molar-refractivity contribution is 0.0976. The van der Waals surface area contributed by atoms with Gasteiger partial charge in [0.15, 0.2) is 5.11 Å². The summed E-state index contributed by atoms with van der Waals surface area (Å²) in [6.45, 7) is 0. The Hall–Kier alpha value is -1.14. The van der Waals surface area contributed by atoms with Gasteiger partial charge in [0.1, 0.15) is 5.75 Å². The molecule has 1 fully saturated rings. The van der Waals surface area contributed by atoms with Crippen molar-refractivity contribution in [3.8, 4) is 5.75 Å². The van der Waals surface area contributed by atoms with Crippen molar-refractivity contribution in [2.45, 2.75) is 31.7 Å². The molecule has 0 aliphatic heterocycles. The molecule has 1 saturated carbocycles. The molecule has 0 saturated heterocycles. The summed E-state index contributed by atoms with van der Waals surface area (Å²) in [5.74, 6) is 0.469. The molecule has 1 amide bonds. The van der Waals surface area contributed by atoms with Crippen molar-refractivity contribution in [3.63, 3.8) is 0 Å². The second-order valence-electron chi connectivity index (χ2n) is 4.76. The maximum Gasteiger partial charge on any atom is 0.257 e. The van der Waals surface area contributed by atoms with E-state index < -0.39 is 0 Å². The van der Waals surface area contributed by atoms with Crippen LogP contribution in [0.15, 0.2) is 22.7 Å². The number of amides is 1. The quantitative estimate of drug-likeness (QED) is 0.817. The summed E-state index contributed by atoms with van der Waals surface area (Å²) in [6, 6.07) is 5.56. The number of halogens is 1. The standard InChI is InChI=1S/C14H17BrN2O2S/c1-19-12-7-6-9(8-11(12)15)13(18)17-14(20)16-10-4-2-3-5-10/h6-8,10H,2-5H2,1H3,(H2,16,17,18,20). The highest BCUT2D eigenvalue weighted by molar-refractivity contribution is 9.10. The van der Waals surface area contributed by atoms with E-state index in [4.69, 9.17) is 17.0 Å². The summed E-state index contributed by atoms with van der Waals surface area (Å²) in [4.78, 5) is 12.1. The van der Waals surface area contributed by atoms with E-state index >= 15 is 0 Å². The molecule has 6 heteroatoms. The lowest BCUT2D eigenvalue weighted by atomic mass is 10.2. The molecule has 0 aromatic heterocycles. The van der Waals surface area contributed by atoms with E-state index in [-0.39, 0.29) is 5.91 Å². The van der Waals surface area contributed by atoms with Crippen molar-refractivity contribution in [1.29, 1.82) is 0 Å². The van der Waals surface area contributed by atoms with Gasteiger partial charge in [-0.2, -0.15) is 0 Å². The monoisotopic (exact) mass is 356 g/mol. The average Bonchev–Trinajstić information content (AvgIpc) is 2.91. The minimum absolute atomic E-state index is 0.219. The summed E-state index contributed by atoms with van der Waals surface area (Å²) < 4.78 is 5.87. The predicted molar refractivity (Wildman–Crippen MR) is 86.1 cm³/mol. The van der Waals surface area contributed by atoms with E-state index in [9.17, 15) is 4.79 Å². The number of benzene rings is 1. The Kier molecular flexibility index (Phi) is 5.37. The van der Waals surface area contributed by atoms with Gasteiger partial charge in [0.05, 0.1) is 11.6 Å². The maximum absolute atomic E-state index is 12.1. The summed E-state index contributed by atoms with van der Waals surface area (Å²) >= 11 is 8.53. The molecule has 2 rings (SSSR count). The fourth-order valence-electron chi connectivity index (χ4n) is 2.27. The molecule has 1 aliphatic rings. The Morgan fingerprint density at radius 1 is 1.40 bits per heavy atom. The largest absolute Gasteiger partial charge is 0.496 e. The SMILES string of the molecule is COc1ccc(C(=O)NC(=S)NC2CCCC2)cc1Br. The molecule has 2 N–H and O–H groups in total. The van der Waals surface area contributed by atoms with Crippen molar-refractivity contribution in [2.75, 3.05) is 7.11 Å². The Bertz CT molecular complexity index is 516. The number of rotatable bonds is 3. The predicted octanol–water partition coefficient (Wildman–Crippen LogP) is 3.00. The van der Waals surface area contributed by atoms with Crippen LogP contribution in [-0.2, 0) is 0 Å². The van der Waals surface area contributed by atoms with E-state index in [1.165, 1.54) is 12.8 Å². The number of hydrogen-bond acceptors (Lipinski definition) is 3. The van der Waals surface area contributed by atoms with Crippen LogP contribution in [-0.4, -0.2) is 24.2 Å². The molecule has 4 nitrogen and oxygen atoms in total. The molecule has 1 aromatic carbocycles. The van der Waals surface area contributed by atoms with Gasteiger partial charge in [-0.15, -0.1) is 0 Å². The van der Waals surface area contributed by atoms with Gasteiger partial charge >= 0.3 is 0 Å². The Balaban J connectivity index is 1.93. The smallest absolute Gasteiger partial charge is 0.257 e. The summed E-state index contributed by atoms with van der Waals surface area (Å²) in [6.07, 6.45) is 4.67. The van der Waals surface area contributed by atoms with Crippen LogP contribution in [0.3, 0.4) is 0 Å². The summed E-state index contributed by atoms with van der Waals surface area (Å²) in [7, 11) is 1.58. The van der Waals surface area contributed by atoms with E-state index in [1.807, 2.05) is 0 Å². The first kappa shape index (κ1) is 15.3. The molecule has 0 heterocycles. The molecule has 1 aliphatic carbocycles. The molecule has 0 spiro atoms. The average molecular weight is 357 g/mol. The fourth-order valence-corrected chi connectivity index (χ4v) is 3.07. The molecule has 1 aromatic rings. The first-order valence-corrected chi connectivity index (χ1v) is 7.75. The van der Waals surface area contributed by atoms with Crippen molar-refractivity contribution < 1.29 is 9.53 Å². The number of nitrogens with one attached hydrogen (secondary N) is 2. The van der Waals surface area contributed by atoms with Gasteiger partial charge in [-0.25, -0.2) is 0 Å². The molecule has 108 valence electrons. The first-order valence-electron chi connectivity index (χ1n) is 6.55. The lowest BCUT2D eigenvalue weighted by Gasteiger charge is -2.15. The summed E-state index contributed by atoms with van der Waals surface area (Å²) in [5, 5.41) is 6.28. The molecule has 0 unspecified atom stereocenters. The molecule has 0 radical (unpaired) electrons. The van der Waals surface area contributed by atoms with Gasteiger partial charge in [-0.3, -0.25) is 10.1 Å². The zero-order valence-corrected chi connectivity index (χ0v) is 13.6. The maximum atomic E-state index is 12.1. The van der Waals surface area contributed by atoms with Crippen LogP contribution in [0.1, 0.15) is 36.0 Å². The number of carbonyl (C=O) groups is 1. The third-order valence-electron chi connectivity index (χ3n) is 3.33. The van der Waals surface area contributed by atoms with E-state index in [0.29, 0.717) is 22.5 Å². The number of thiocarbonyl (C=S) groups is 1. The highest BCUT2D eigenvalue weighted by Crippen LogP contribution is 2.25. The van der Waals surface area contributed by atoms with Crippen LogP contribution in [0.2, 0.25) is 0 Å². The highest BCUT2D eigenvalue weighted by atomic mass is 79.9. The minimum Gasteiger partial charge on any atom is -0.496 e. The van der Waals surface area contributed by atoms with Crippen molar-refractivity contribution in [2.24, 2.45) is 0 Å². The van der Waals surface area contributed by atoms with Gasteiger partial charge in [0.25, 0.3) is 5.91 Å². The van der Waals surface area contributed by atoms with Gasteiger partial charge in [0.2, 0.25) is 0 Å². The third kappa shape index (κ3) is 3.93. The summed E-state index contributed by atoms with van der Waals surface area (Å²) in [5.41, 5.74) is 0.535. The van der Waals surface area contributed by atoms with E-state index in [1.54, 1.807) is 25.3 Å². The van der Waals surface area contributed by atoms with Crippen LogP contribution in [0.5, 0.6) is 5.75 Å². The molecular weight excluding hydrogens is 340 g/mol. The van der Waals surface area contributed by atoms with E-state index in [2.05, 4.69) is 26.6 Å². The van der Waals surface area contributed by atoms with Crippen LogP contribution >= 0.6 is 28.1 Å². The lowest BCUT2D eigenvalue weighted by Crippen LogP contribution is -2.43. The van der Waals surface area contributed by atoms with Crippen LogP contribution in [0.25, 0.3) is 0 Å². The fraction of sp³-hybridized carbons (Fsp3) is 0.429. The number of ether oxygens (including phenoxy) is 1.